The van der Waals surface area contributed by atoms with Crippen LogP contribution in [-0.4, -0.2) is 56.1 Å². The fourth-order valence-corrected chi connectivity index (χ4v) is 3.81. The Balaban J connectivity index is 1.47. The third-order valence-electron chi connectivity index (χ3n) is 4.45. The summed E-state index contributed by atoms with van der Waals surface area (Å²) in [5.41, 5.74) is 1.12. The summed E-state index contributed by atoms with van der Waals surface area (Å²) in [5.74, 6) is 0.844. The number of hydrogen-bond acceptors (Lipinski definition) is 4. The number of thioether (sulfide) groups is 1. The molecule has 2 aromatic carbocycles. The van der Waals surface area contributed by atoms with Crippen LogP contribution in [0.5, 0.6) is 0 Å². The highest BCUT2D eigenvalue weighted by molar-refractivity contribution is 7.99. The maximum Gasteiger partial charge on any atom is 0.315 e. The first-order valence-corrected chi connectivity index (χ1v) is 10.4. The van der Waals surface area contributed by atoms with Crippen LogP contribution in [0.25, 0.3) is 0 Å². The van der Waals surface area contributed by atoms with Crippen molar-refractivity contribution in [2.45, 2.75) is 10.9 Å². The molecule has 144 valence electrons. The van der Waals surface area contributed by atoms with Gasteiger partial charge in [-0.3, -0.25) is 4.90 Å². The second-order valence-corrected chi connectivity index (χ2v) is 7.61. The van der Waals surface area contributed by atoms with Crippen molar-refractivity contribution in [1.29, 1.82) is 0 Å². The van der Waals surface area contributed by atoms with Gasteiger partial charge < -0.3 is 15.4 Å². The molecule has 0 aliphatic carbocycles. The molecule has 1 saturated heterocycles. The van der Waals surface area contributed by atoms with Crippen molar-refractivity contribution in [3.8, 4) is 0 Å². The lowest BCUT2D eigenvalue weighted by molar-refractivity contribution is 0.0340. The van der Waals surface area contributed by atoms with E-state index in [9.17, 15) is 4.79 Å². The smallest absolute Gasteiger partial charge is 0.315 e. The van der Waals surface area contributed by atoms with E-state index in [0.717, 1.165) is 44.2 Å². The number of rotatable bonds is 8. The molecule has 0 unspecified atom stereocenters. The Labute approximate surface area is 165 Å². The minimum atomic E-state index is -0.120. The zero-order valence-electron chi connectivity index (χ0n) is 15.5. The number of nitrogens with one attached hydrogen (secondary N) is 2. The third-order valence-corrected chi connectivity index (χ3v) is 5.47. The minimum Gasteiger partial charge on any atom is -0.379 e. The number of ether oxygens (including phenoxy) is 1. The Morgan fingerprint density at radius 1 is 1.04 bits per heavy atom. The number of urea groups is 1. The van der Waals surface area contributed by atoms with Crippen LogP contribution in [0.4, 0.5) is 4.79 Å². The van der Waals surface area contributed by atoms with Gasteiger partial charge in [0.15, 0.2) is 0 Å². The molecule has 1 atom stereocenters. The van der Waals surface area contributed by atoms with E-state index < -0.39 is 0 Å². The van der Waals surface area contributed by atoms with Gasteiger partial charge in [-0.1, -0.05) is 48.5 Å². The van der Waals surface area contributed by atoms with Crippen molar-refractivity contribution in [1.82, 2.24) is 15.5 Å². The fourth-order valence-electron chi connectivity index (χ4n) is 3.02. The van der Waals surface area contributed by atoms with Crippen LogP contribution < -0.4 is 10.6 Å². The van der Waals surface area contributed by atoms with E-state index >= 15 is 0 Å². The monoisotopic (exact) mass is 385 g/mol. The molecular weight excluding hydrogens is 358 g/mol. The molecule has 1 aliphatic heterocycles. The average Bonchev–Trinajstić information content (AvgIpc) is 2.73. The molecule has 0 bridgehead atoms. The molecule has 0 spiro atoms. The Morgan fingerprint density at radius 2 is 1.70 bits per heavy atom. The number of nitrogens with zero attached hydrogens (tertiary/aromatic N) is 1. The number of morpholine rings is 1. The molecule has 27 heavy (non-hydrogen) atoms. The van der Waals surface area contributed by atoms with Crippen molar-refractivity contribution in [2.75, 3.05) is 45.1 Å². The molecular formula is C21H27N3O2S. The Bertz CT molecular complexity index is 678. The van der Waals surface area contributed by atoms with E-state index in [4.69, 9.17) is 4.74 Å². The third kappa shape index (κ3) is 6.90. The molecule has 6 heteroatoms. The van der Waals surface area contributed by atoms with Crippen molar-refractivity contribution < 1.29 is 9.53 Å². The normalized spacial score (nSPS) is 15.9. The van der Waals surface area contributed by atoms with Crippen molar-refractivity contribution in [3.05, 3.63) is 66.2 Å². The number of hydrogen-bond donors (Lipinski definition) is 2. The molecule has 5 nitrogen and oxygen atoms in total. The average molecular weight is 386 g/mol. The van der Waals surface area contributed by atoms with Gasteiger partial charge in [0.2, 0.25) is 0 Å². The van der Waals surface area contributed by atoms with Crippen LogP contribution in [0.2, 0.25) is 0 Å². The predicted octanol–water partition coefficient (Wildman–Crippen LogP) is 3.15. The summed E-state index contributed by atoms with van der Waals surface area (Å²) < 4.78 is 5.43. The van der Waals surface area contributed by atoms with E-state index in [0.29, 0.717) is 6.54 Å². The minimum absolute atomic E-state index is 0.0360. The van der Waals surface area contributed by atoms with E-state index in [-0.39, 0.29) is 12.1 Å². The first kappa shape index (κ1) is 19.7. The Morgan fingerprint density at radius 3 is 2.41 bits per heavy atom. The largest absolute Gasteiger partial charge is 0.379 e. The molecule has 3 rings (SSSR count). The quantitative estimate of drug-likeness (QED) is 0.541. The lowest BCUT2D eigenvalue weighted by atomic mass is 10.1. The van der Waals surface area contributed by atoms with Gasteiger partial charge in [-0.05, 0) is 17.7 Å². The zero-order chi connectivity index (χ0) is 18.7. The van der Waals surface area contributed by atoms with Crippen LogP contribution in [0.15, 0.2) is 65.6 Å². The SMILES string of the molecule is O=C(NCCSc1ccccc1)N[C@@H](CN1CCOCC1)c1ccccc1. The summed E-state index contributed by atoms with van der Waals surface area (Å²) in [5, 5.41) is 6.11. The van der Waals surface area contributed by atoms with Gasteiger partial charge in [0.25, 0.3) is 0 Å². The topological polar surface area (TPSA) is 53.6 Å². The van der Waals surface area contributed by atoms with E-state index in [1.54, 1.807) is 11.8 Å². The summed E-state index contributed by atoms with van der Waals surface area (Å²) in [6.07, 6.45) is 0. The summed E-state index contributed by atoms with van der Waals surface area (Å²) in [6, 6.07) is 20.2. The van der Waals surface area contributed by atoms with Crippen LogP contribution in [0.1, 0.15) is 11.6 Å². The number of amides is 2. The van der Waals surface area contributed by atoms with Crippen LogP contribution in [-0.2, 0) is 4.74 Å². The van der Waals surface area contributed by atoms with Crippen molar-refractivity contribution >= 4 is 17.8 Å². The molecule has 1 heterocycles. The second-order valence-electron chi connectivity index (χ2n) is 6.44. The molecule has 2 amide bonds. The number of carbonyl (C=O) groups is 1. The molecule has 0 radical (unpaired) electrons. The van der Waals surface area contributed by atoms with Gasteiger partial charge in [-0.25, -0.2) is 4.79 Å². The summed E-state index contributed by atoms with van der Waals surface area (Å²) in [7, 11) is 0. The predicted molar refractivity (Wildman–Crippen MR) is 110 cm³/mol. The Hall–Kier alpha value is -2.02. The maximum atomic E-state index is 12.4. The maximum absolute atomic E-state index is 12.4. The highest BCUT2D eigenvalue weighted by Gasteiger charge is 2.19. The van der Waals surface area contributed by atoms with Gasteiger partial charge in [0.1, 0.15) is 0 Å². The highest BCUT2D eigenvalue weighted by Crippen LogP contribution is 2.16. The number of benzene rings is 2. The molecule has 2 aromatic rings. The van der Waals surface area contributed by atoms with E-state index in [2.05, 4.69) is 39.8 Å². The van der Waals surface area contributed by atoms with Gasteiger partial charge in [0.05, 0.1) is 19.3 Å². The summed E-state index contributed by atoms with van der Waals surface area (Å²) in [4.78, 5) is 16.0. The van der Waals surface area contributed by atoms with E-state index in [1.807, 2.05) is 36.4 Å². The van der Waals surface area contributed by atoms with Crippen LogP contribution >= 0.6 is 11.8 Å². The van der Waals surface area contributed by atoms with Crippen LogP contribution in [0.3, 0.4) is 0 Å². The van der Waals surface area contributed by atoms with Crippen molar-refractivity contribution in [2.24, 2.45) is 0 Å². The fraction of sp³-hybridized carbons (Fsp3) is 0.381. The lowest BCUT2D eigenvalue weighted by Crippen LogP contribution is -2.45. The Kier molecular flexibility index (Phi) is 8.02. The van der Waals surface area contributed by atoms with Gasteiger partial charge in [0, 0.05) is 36.8 Å². The van der Waals surface area contributed by atoms with E-state index in [1.165, 1.54) is 4.90 Å². The summed E-state index contributed by atoms with van der Waals surface area (Å²) in [6.45, 7) is 4.74. The highest BCUT2D eigenvalue weighted by atomic mass is 32.2. The molecule has 0 aromatic heterocycles. The lowest BCUT2D eigenvalue weighted by Gasteiger charge is -2.31. The molecule has 1 aliphatic rings. The van der Waals surface area contributed by atoms with Gasteiger partial charge in [-0.15, -0.1) is 11.8 Å². The second kappa shape index (κ2) is 11.0. The van der Waals surface area contributed by atoms with Gasteiger partial charge >= 0.3 is 6.03 Å². The zero-order valence-corrected chi connectivity index (χ0v) is 16.3. The molecule has 1 fully saturated rings. The number of carbonyl (C=O) groups excluding carboxylic acids is 1. The standard InChI is InChI=1S/C21H27N3O2S/c25-21(22-11-16-27-19-9-5-2-6-10-19)23-20(18-7-3-1-4-8-18)17-24-12-14-26-15-13-24/h1-10,20H,11-17H2,(H2,22,23,25)/t20-/m0/s1. The van der Waals surface area contributed by atoms with Gasteiger partial charge in [-0.2, -0.15) is 0 Å². The molecule has 0 saturated carbocycles. The van der Waals surface area contributed by atoms with Crippen LogP contribution in [0, 0.1) is 0 Å². The summed E-state index contributed by atoms with van der Waals surface area (Å²) >= 11 is 1.74. The first-order chi connectivity index (χ1) is 13.3. The van der Waals surface area contributed by atoms with Crippen molar-refractivity contribution in [3.63, 3.8) is 0 Å². The molecule has 2 N–H and O–H groups in total. The first-order valence-electron chi connectivity index (χ1n) is 9.38.